The number of nitrogens with one attached hydrogen (secondary N) is 2. The molecule has 0 aromatic heterocycles. The van der Waals surface area contributed by atoms with Crippen LogP contribution >= 0.6 is 43.0 Å². The minimum absolute atomic E-state index is 0.0509. The highest BCUT2D eigenvalue weighted by molar-refractivity contribution is 7.80. The van der Waals surface area contributed by atoms with E-state index in [1.54, 1.807) is 18.2 Å². The molecule has 5 nitrogen and oxygen atoms in total. The third-order valence-electron chi connectivity index (χ3n) is 2.04. The lowest BCUT2D eigenvalue weighted by Crippen LogP contribution is -2.35. The molecule has 1 unspecified atom stereocenters. The Hall–Kier alpha value is -0.360. The maximum absolute atomic E-state index is 10.9. The molecule has 0 aliphatic rings. The molecule has 0 heterocycles. The Kier molecular flexibility index (Phi) is 5.40. The lowest BCUT2D eigenvalue weighted by atomic mass is 10.3. The number of anilines is 1. The Morgan fingerprint density at radius 2 is 2.06 bits per heavy atom. The van der Waals surface area contributed by atoms with E-state index in [0.717, 1.165) is 0 Å². The van der Waals surface area contributed by atoms with Crippen molar-refractivity contribution in [2.24, 2.45) is 0 Å². The van der Waals surface area contributed by atoms with E-state index >= 15 is 0 Å². The molecular weight excluding hydrogens is 318 g/mol. The lowest BCUT2D eigenvalue weighted by molar-refractivity contribution is 0.357. The lowest BCUT2D eigenvalue weighted by Gasteiger charge is -2.18. The van der Waals surface area contributed by atoms with E-state index < -0.39 is 13.4 Å². The highest BCUT2D eigenvalue weighted by Crippen LogP contribution is 2.39. The second-order valence-electron chi connectivity index (χ2n) is 3.46. The number of rotatable bonds is 3. The predicted octanol–water partition coefficient (Wildman–Crippen LogP) is 2.80. The smallest absolute Gasteiger partial charge is 0.347 e. The van der Waals surface area contributed by atoms with Crippen LogP contribution in [0.15, 0.2) is 18.2 Å². The van der Waals surface area contributed by atoms with Crippen LogP contribution in [0.2, 0.25) is 10.0 Å². The monoisotopic (exact) mass is 328 g/mol. The van der Waals surface area contributed by atoms with Crippen LogP contribution in [-0.4, -0.2) is 20.7 Å². The second-order valence-corrected chi connectivity index (χ2v) is 6.61. The quantitative estimate of drug-likeness (QED) is 0.504. The molecule has 0 amide bonds. The predicted molar refractivity (Wildman–Crippen MR) is 77.3 cm³/mol. The second kappa shape index (κ2) is 6.19. The van der Waals surface area contributed by atoms with Gasteiger partial charge < -0.3 is 20.4 Å². The Balaban J connectivity index is 2.71. The molecule has 18 heavy (non-hydrogen) atoms. The van der Waals surface area contributed by atoms with Crippen molar-refractivity contribution in [2.75, 3.05) is 5.32 Å². The minimum Gasteiger partial charge on any atom is -0.349 e. The zero-order chi connectivity index (χ0) is 13.9. The van der Waals surface area contributed by atoms with Crippen molar-refractivity contribution < 1.29 is 14.4 Å². The number of halogens is 2. The van der Waals surface area contributed by atoms with Gasteiger partial charge in [0.15, 0.2) is 5.11 Å². The summed E-state index contributed by atoms with van der Waals surface area (Å²) in [5, 5.41) is 5.87. The van der Waals surface area contributed by atoms with E-state index in [2.05, 4.69) is 10.6 Å². The van der Waals surface area contributed by atoms with Crippen molar-refractivity contribution >= 4 is 53.8 Å². The van der Waals surface area contributed by atoms with Gasteiger partial charge in [-0.25, -0.2) is 0 Å². The number of hydrogen-bond donors (Lipinski definition) is 4. The molecule has 100 valence electrons. The van der Waals surface area contributed by atoms with Crippen molar-refractivity contribution in [3.05, 3.63) is 28.2 Å². The van der Waals surface area contributed by atoms with E-state index in [0.29, 0.717) is 10.7 Å². The molecule has 0 aliphatic heterocycles. The molecule has 0 saturated heterocycles. The van der Waals surface area contributed by atoms with Crippen LogP contribution in [0.1, 0.15) is 6.92 Å². The van der Waals surface area contributed by atoms with Crippen LogP contribution in [0.3, 0.4) is 0 Å². The van der Waals surface area contributed by atoms with Gasteiger partial charge in [0.1, 0.15) is 5.78 Å². The van der Waals surface area contributed by atoms with E-state index in [-0.39, 0.29) is 10.1 Å². The molecule has 0 radical (unpaired) electrons. The molecule has 1 aromatic rings. The maximum Gasteiger partial charge on any atom is 0.347 e. The first-order valence-electron chi connectivity index (χ1n) is 4.78. The summed E-state index contributed by atoms with van der Waals surface area (Å²) in [6.45, 7) is 1.33. The van der Waals surface area contributed by atoms with Gasteiger partial charge in [-0.2, -0.15) is 0 Å². The fraction of sp³-hybridized carbons (Fsp3) is 0.222. The molecule has 0 saturated carbocycles. The largest absolute Gasteiger partial charge is 0.349 e. The molecule has 0 spiro atoms. The van der Waals surface area contributed by atoms with Crippen LogP contribution < -0.4 is 10.6 Å². The summed E-state index contributed by atoms with van der Waals surface area (Å²) >= 11 is 16.7. The number of benzene rings is 1. The van der Waals surface area contributed by atoms with Gasteiger partial charge in [0.25, 0.3) is 0 Å². The van der Waals surface area contributed by atoms with Gasteiger partial charge in [0, 0.05) is 0 Å². The van der Waals surface area contributed by atoms with E-state index in [9.17, 15) is 4.57 Å². The number of hydrogen-bond acceptors (Lipinski definition) is 2. The summed E-state index contributed by atoms with van der Waals surface area (Å²) in [5.74, 6) is -1.09. The molecular formula is C9H11Cl2N2O3PS. The van der Waals surface area contributed by atoms with Crippen molar-refractivity contribution in [3.63, 3.8) is 0 Å². The zero-order valence-corrected chi connectivity index (χ0v) is 12.4. The van der Waals surface area contributed by atoms with Crippen LogP contribution in [0, 0.1) is 0 Å². The Labute approximate surface area is 120 Å². The Morgan fingerprint density at radius 1 is 1.44 bits per heavy atom. The van der Waals surface area contributed by atoms with Gasteiger partial charge in [-0.15, -0.1) is 0 Å². The first-order chi connectivity index (χ1) is 8.21. The first-order valence-corrected chi connectivity index (χ1v) is 7.63. The molecule has 1 aromatic carbocycles. The summed E-state index contributed by atoms with van der Waals surface area (Å²) in [4.78, 5) is 17.8. The average molecular weight is 329 g/mol. The van der Waals surface area contributed by atoms with E-state index in [1.165, 1.54) is 6.92 Å². The third kappa shape index (κ3) is 4.39. The van der Waals surface area contributed by atoms with Gasteiger partial charge in [-0.05, 0) is 31.3 Å². The summed E-state index contributed by atoms with van der Waals surface area (Å²) in [6.07, 6.45) is 0. The standard InChI is InChI=1S/C9H11Cl2N2O3PS/c1-5(17(14,15)16)12-9(18)13-7-4-2-3-6(10)8(7)11/h2-5H,1H3,(H2,12,13,18)(H2,14,15,16). The van der Waals surface area contributed by atoms with Gasteiger partial charge >= 0.3 is 7.60 Å². The van der Waals surface area contributed by atoms with Crippen LogP contribution in [0.4, 0.5) is 5.69 Å². The molecule has 0 bridgehead atoms. The minimum atomic E-state index is -4.23. The van der Waals surface area contributed by atoms with E-state index in [1.807, 2.05) is 0 Å². The van der Waals surface area contributed by atoms with Crippen molar-refractivity contribution in [2.45, 2.75) is 12.7 Å². The van der Waals surface area contributed by atoms with Crippen molar-refractivity contribution in [1.82, 2.24) is 5.32 Å². The van der Waals surface area contributed by atoms with Crippen molar-refractivity contribution in [1.29, 1.82) is 0 Å². The SMILES string of the molecule is CC(NC(=S)Nc1cccc(Cl)c1Cl)P(=O)(O)O. The molecule has 0 fully saturated rings. The van der Waals surface area contributed by atoms with Crippen LogP contribution in [0.5, 0.6) is 0 Å². The summed E-state index contributed by atoms with van der Waals surface area (Å²) in [5.41, 5.74) is 0.458. The molecule has 1 atom stereocenters. The average Bonchev–Trinajstić information content (AvgIpc) is 2.23. The van der Waals surface area contributed by atoms with Gasteiger partial charge in [-0.1, -0.05) is 29.3 Å². The Bertz CT molecular complexity index is 509. The molecule has 9 heteroatoms. The van der Waals surface area contributed by atoms with Gasteiger partial charge in [-0.3, -0.25) is 4.57 Å². The van der Waals surface area contributed by atoms with Crippen molar-refractivity contribution in [3.8, 4) is 0 Å². The molecule has 4 N–H and O–H groups in total. The fourth-order valence-corrected chi connectivity index (χ4v) is 2.05. The van der Waals surface area contributed by atoms with Crippen LogP contribution in [0.25, 0.3) is 0 Å². The maximum atomic E-state index is 10.9. The zero-order valence-electron chi connectivity index (χ0n) is 9.22. The Morgan fingerprint density at radius 3 is 2.61 bits per heavy atom. The summed E-state index contributed by atoms with van der Waals surface area (Å²) < 4.78 is 10.9. The topological polar surface area (TPSA) is 81.6 Å². The van der Waals surface area contributed by atoms with Gasteiger partial charge in [0.2, 0.25) is 0 Å². The highest BCUT2D eigenvalue weighted by atomic mass is 35.5. The number of thiocarbonyl (C=S) groups is 1. The van der Waals surface area contributed by atoms with E-state index in [4.69, 9.17) is 45.2 Å². The first kappa shape index (κ1) is 15.7. The van der Waals surface area contributed by atoms with Gasteiger partial charge in [0.05, 0.1) is 15.7 Å². The summed E-state index contributed by atoms with van der Waals surface area (Å²) in [6, 6.07) is 4.93. The molecule has 1 rings (SSSR count). The highest BCUT2D eigenvalue weighted by Gasteiger charge is 2.24. The summed E-state index contributed by atoms with van der Waals surface area (Å²) in [7, 11) is -4.23. The normalized spacial score (nSPS) is 12.9. The fourth-order valence-electron chi connectivity index (χ4n) is 1.03. The third-order valence-corrected chi connectivity index (χ3v) is 4.22. The molecule has 0 aliphatic carbocycles. The van der Waals surface area contributed by atoms with Crippen LogP contribution in [-0.2, 0) is 4.57 Å².